The van der Waals surface area contributed by atoms with Crippen LogP contribution in [0.25, 0.3) is 10.9 Å². The topological polar surface area (TPSA) is 76.5 Å². The van der Waals surface area contributed by atoms with Gasteiger partial charge in [0.25, 0.3) is 5.91 Å². The van der Waals surface area contributed by atoms with Crippen LogP contribution in [-0.4, -0.2) is 25.1 Å². The molecule has 2 aromatic heterocycles. The van der Waals surface area contributed by atoms with Crippen molar-refractivity contribution in [2.45, 2.75) is 6.54 Å². The fourth-order valence-corrected chi connectivity index (χ4v) is 2.26. The highest BCUT2D eigenvalue weighted by atomic mass is 16.5. The van der Waals surface area contributed by atoms with Gasteiger partial charge in [-0.25, -0.2) is 0 Å². The molecule has 22 heavy (non-hydrogen) atoms. The fourth-order valence-electron chi connectivity index (χ4n) is 2.26. The largest absolute Gasteiger partial charge is 0.493 e. The fraction of sp³-hybridized carbons (Fsp3) is 0.188. The summed E-state index contributed by atoms with van der Waals surface area (Å²) >= 11 is 0. The lowest BCUT2D eigenvalue weighted by Gasteiger charge is -2.06. The molecule has 1 amide bonds. The van der Waals surface area contributed by atoms with Gasteiger partial charge < -0.3 is 24.2 Å². The van der Waals surface area contributed by atoms with Gasteiger partial charge in [-0.05, 0) is 24.3 Å². The van der Waals surface area contributed by atoms with E-state index in [2.05, 4.69) is 10.3 Å². The van der Waals surface area contributed by atoms with Gasteiger partial charge in [0.15, 0.2) is 11.5 Å². The number of methoxy groups -OCH3 is 2. The molecule has 2 N–H and O–H groups in total. The zero-order valence-corrected chi connectivity index (χ0v) is 12.3. The molecule has 6 nitrogen and oxygen atoms in total. The van der Waals surface area contributed by atoms with Crippen LogP contribution in [0.5, 0.6) is 11.5 Å². The number of carbonyl (C=O) groups is 1. The number of ether oxygens (including phenoxy) is 2. The normalized spacial score (nSPS) is 10.6. The van der Waals surface area contributed by atoms with E-state index < -0.39 is 0 Å². The predicted molar refractivity (Wildman–Crippen MR) is 81.3 cm³/mol. The molecule has 3 rings (SSSR count). The third-order valence-electron chi connectivity index (χ3n) is 3.37. The maximum absolute atomic E-state index is 12.2. The summed E-state index contributed by atoms with van der Waals surface area (Å²) in [6, 6.07) is 8.99. The lowest BCUT2D eigenvalue weighted by atomic mass is 10.2. The first-order chi connectivity index (χ1) is 10.7. The van der Waals surface area contributed by atoms with Gasteiger partial charge in [0, 0.05) is 17.0 Å². The highest BCUT2D eigenvalue weighted by Crippen LogP contribution is 2.32. The molecule has 0 radical (unpaired) electrons. The molecule has 0 fully saturated rings. The van der Waals surface area contributed by atoms with Crippen LogP contribution in [0.2, 0.25) is 0 Å². The Morgan fingerprint density at radius 2 is 2.00 bits per heavy atom. The molecule has 0 saturated carbocycles. The monoisotopic (exact) mass is 300 g/mol. The van der Waals surface area contributed by atoms with E-state index in [1.54, 1.807) is 44.7 Å². The van der Waals surface area contributed by atoms with E-state index in [1.165, 1.54) is 0 Å². The minimum Gasteiger partial charge on any atom is -0.493 e. The average Bonchev–Trinajstić information content (AvgIpc) is 3.19. The van der Waals surface area contributed by atoms with Gasteiger partial charge in [-0.15, -0.1) is 0 Å². The Morgan fingerprint density at radius 3 is 2.68 bits per heavy atom. The summed E-state index contributed by atoms with van der Waals surface area (Å²) in [5.41, 5.74) is 1.28. The molecule has 6 heteroatoms. The van der Waals surface area contributed by atoms with Crippen LogP contribution in [0, 0.1) is 0 Å². The van der Waals surface area contributed by atoms with Crippen molar-refractivity contribution in [3.8, 4) is 11.5 Å². The minimum atomic E-state index is -0.203. The molecule has 0 aliphatic carbocycles. The molecule has 0 atom stereocenters. The molecule has 0 unspecified atom stereocenters. The number of furan rings is 1. The van der Waals surface area contributed by atoms with E-state index in [-0.39, 0.29) is 5.91 Å². The maximum atomic E-state index is 12.2. The standard InChI is InChI=1S/C16H16N2O4/c1-20-14-7-10-6-13(18-12(10)8-15(14)21-2)16(19)17-9-11-4-3-5-22-11/h3-8,18H,9H2,1-2H3,(H,17,19). The second-order valence-electron chi connectivity index (χ2n) is 4.74. The lowest BCUT2D eigenvalue weighted by molar-refractivity contribution is 0.0944. The Hall–Kier alpha value is -2.89. The van der Waals surface area contributed by atoms with Gasteiger partial charge in [-0.2, -0.15) is 0 Å². The maximum Gasteiger partial charge on any atom is 0.268 e. The summed E-state index contributed by atoms with van der Waals surface area (Å²) in [5.74, 6) is 1.73. The molecule has 2 heterocycles. The number of aromatic nitrogens is 1. The number of carbonyl (C=O) groups excluding carboxylic acids is 1. The highest BCUT2D eigenvalue weighted by Gasteiger charge is 2.13. The van der Waals surface area contributed by atoms with Crippen molar-refractivity contribution in [3.05, 3.63) is 48.0 Å². The van der Waals surface area contributed by atoms with Gasteiger partial charge in [-0.3, -0.25) is 4.79 Å². The van der Waals surface area contributed by atoms with Gasteiger partial charge in [0.05, 0.1) is 27.0 Å². The smallest absolute Gasteiger partial charge is 0.268 e. The van der Waals surface area contributed by atoms with Crippen molar-refractivity contribution >= 4 is 16.8 Å². The summed E-state index contributed by atoms with van der Waals surface area (Å²) < 4.78 is 15.7. The minimum absolute atomic E-state index is 0.203. The van der Waals surface area contributed by atoms with E-state index >= 15 is 0 Å². The Kier molecular flexibility index (Phi) is 3.74. The van der Waals surface area contributed by atoms with E-state index in [1.807, 2.05) is 6.07 Å². The van der Waals surface area contributed by atoms with E-state index in [0.717, 1.165) is 10.9 Å². The average molecular weight is 300 g/mol. The van der Waals surface area contributed by atoms with Crippen LogP contribution in [-0.2, 0) is 6.54 Å². The quantitative estimate of drug-likeness (QED) is 0.759. The summed E-state index contributed by atoms with van der Waals surface area (Å²) in [6.45, 7) is 0.341. The summed E-state index contributed by atoms with van der Waals surface area (Å²) in [6.07, 6.45) is 1.57. The van der Waals surface area contributed by atoms with Crippen molar-refractivity contribution in [2.75, 3.05) is 14.2 Å². The van der Waals surface area contributed by atoms with E-state index in [9.17, 15) is 4.79 Å². The predicted octanol–water partition coefficient (Wildman–Crippen LogP) is 2.71. The molecule has 0 spiro atoms. The van der Waals surface area contributed by atoms with E-state index in [0.29, 0.717) is 29.5 Å². The molecule has 1 aromatic carbocycles. The highest BCUT2D eigenvalue weighted by molar-refractivity contribution is 5.98. The zero-order chi connectivity index (χ0) is 15.5. The number of fused-ring (bicyclic) bond motifs is 1. The molecule has 0 bridgehead atoms. The van der Waals surface area contributed by atoms with Gasteiger partial charge in [-0.1, -0.05) is 0 Å². The van der Waals surface area contributed by atoms with Crippen LogP contribution < -0.4 is 14.8 Å². The van der Waals surface area contributed by atoms with Gasteiger partial charge >= 0.3 is 0 Å². The molecule has 3 aromatic rings. The molecule has 0 aliphatic rings. The van der Waals surface area contributed by atoms with Crippen molar-refractivity contribution in [3.63, 3.8) is 0 Å². The number of nitrogens with one attached hydrogen (secondary N) is 2. The number of H-pyrrole nitrogens is 1. The first-order valence-corrected chi connectivity index (χ1v) is 6.76. The zero-order valence-electron chi connectivity index (χ0n) is 12.3. The van der Waals surface area contributed by atoms with Crippen molar-refractivity contribution < 1.29 is 18.7 Å². The molecule has 114 valence electrons. The Balaban J connectivity index is 1.83. The Morgan fingerprint density at radius 1 is 1.23 bits per heavy atom. The van der Waals surface area contributed by atoms with E-state index in [4.69, 9.17) is 13.9 Å². The van der Waals surface area contributed by atoms with Crippen molar-refractivity contribution in [1.82, 2.24) is 10.3 Å². The summed E-state index contributed by atoms with van der Waals surface area (Å²) in [7, 11) is 3.15. The Bertz CT molecular complexity index is 749. The molecular weight excluding hydrogens is 284 g/mol. The van der Waals surface area contributed by atoms with Gasteiger partial charge in [0.2, 0.25) is 0 Å². The first-order valence-electron chi connectivity index (χ1n) is 6.76. The second-order valence-corrected chi connectivity index (χ2v) is 4.74. The number of aromatic amines is 1. The molecule has 0 aliphatic heterocycles. The number of hydrogen-bond acceptors (Lipinski definition) is 4. The number of benzene rings is 1. The number of amides is 1. The second kappa shape index (κ2) is 5.85. The first kappa shape index (κ1) is 14.1. The third-order valence-corrected chi connectivity index (χ3v) is 3.37. The number of rotatable bonds is 5. The molecule has 0 saturated heterocycles. The van der Waals surface area contributed by atoms with Gasteiger partial charge in [0.1, 0.15) is 11.5 Å². The molecular formula is C16H16N2O4. The van der Waals surface area contributed by atoms with Crippen molar-refractivity contribution in [2.24, 2.45) is 0 Å². The van der Waals surface area contributed by atoms with Crippen LogP contribution in [0.15, 0.2) is 41.0 Å². The van der Waals surface area contributed by atoms with Crippen LogP contribution in [0.1, 0.15) is 16.2 Å². The van der Waals surface area contributed by atoms with Crippen molar-refractivity contribution in [1.29, 1.82) is 0 Å². The van der Waals surface area contributed by atoms with Crippen LogP contribution >= 0.6 is 0 Å². The lowest BCUT2D eigenvalue weighted by Crippen LogP contribution is -2.22. The third kappa shape index (κ3) is 2.63. The number of hydrogen-bond donors (Lipinski definition) is 2. The summed E-state index contributed by atoms with van der Waals surface area (Å²) in [4.78, 5) is 15.2. The SMILES string of the molecule is COc1cc2cc(C(=O)NCc3ccco3)[nH]c2cc1OC. The summed E-state index contributed by atoms with van der Waals surface area (Å²) in [5, 5.41) is 3.67. The Labute approximate surface area is 127 Å². The van der Waals surface area contributed by atoms with Crippen LogP contribution in [0.3, 0.4) is 0 Å². The van der Waals surface area contributed by atoms with Crippen LogP contribution in [0.4, 0.5) is 0 Å².